The first-order chi connectivity index (χ1) is 14.3. The molecule has 3 heterocycles. The molecule has 148 valence electrons. The third-order valence-corrected chi connectivity index (χ3v) is 5.03. The quantitative estimate of drug-likeness (QED) is 0.365. The summed E-state index contributed by atoms with van der Waals surface area (Å²) in [6, 6.07) is 9.91. The van der Waals surface area contributed by atoms with Crippen LogP contribution < -0.4 is 10.2 Å². The van der Waals surface area contributed by atoms with Crippen molar-refractivity contribution in [1.29, 1.82) is 0 Å². The minimum absolute atomic E-state index is 0.00970. The number of hydrogen-bond acceptors (Lipinski definition) is 7. The molecule has 1 aliphatic rings. The Kier molecular flexibility index (Phi) is 4.57. The fourth-order valence-corrected chi connectivity index (χ4v) is 3.37. The van der Waals surface area contributed by atoms with Crippen LogP contribution in [0.1, 0.15) is 30.0 Å². The van der Waals surface area contributed by atoms with E-state index >= 15 is 0 Å². The predicted octanol–water partition coefficient (Wildman–Crippen LogP) is 2.70. The first kappa shape index (κ1) is 17.6. The molecule has 0 atom stereocenters. The Morgan fingerprint density at radius 2 is 2.07 bits per heavy atom. The van der Waals surface area contributed by atoms with Crippen LogP contribution in [0.2, 0.25) is 0 Å². The van der Waals surface area contributed by atoms with Crippen molar-refractivity contribution in [3.8, 4) is 0 Å². The molecule has 29 heavy (non-hydrogen) atoms. The molecule has 1 aliphatic carbocycles. The Hall–Kier alpha value is -3.46. The van der Waals surface area contributed by atoms with E-state index in [4.69, 9.17) is 0 Å². The van der Waals surface area contributed by atoms with Crippen LogP contribution in [0.4, 0.5) is 17.6 Å². The molecule has 9 heteroatoms. The van der Waals surface area contributed by atoms with E-state index in [1.807, 2.05) is 35.2 Å². The lowest BCUT2D eigenvalue weighted by Crippen LogP contribution is -2.28. The number of imidazole rings is 1. The Labute approximate surface area is 167 Å². The first-order valence-electron chi connectivity index (χ1n) is 9.72. The number of aromatic nitrogens is 6. The van der Waals surface area contributed by atoms with Crippen molar-refractivity contribution in [3.63, 3.8) is 0 Å². The van der Waals surface area contributed by atoms with E-state index in [0.717, 1.165) is 28.1 Å². The van der Waals surface area contributed by atoms with Gasteiger partial charge in [0.05, 0.1) is 24.0 Å². The van der Waals surface area contributed by atoms with E-state index in [2.05, 4.69) is 35.5 Å². The standard InChI is InChI=1S/C20H22N8O/c29-8-7-28(11-13-1-4-15-17(9-13)23-12-22-15)20-21-6-5-18(25-20)24-19-10-16(26-27-19)14-2-3-14/h1,4-6,9-10,12,14,29H,2-3,7-8,11H2,(H,22,23)(H2,21,24,25,26,27). The van der Waals surface area contributed by atoms with Gasteiger partial charge in [0.25, 0.3) is 0 Å². The van der Waals surface area contributed by atoms with Crippen LogP contribution in [-0.4, -0.2) is 48.4 Å². The number of nitrogens with one attached hydrogen (secondary N) is 3. The van der Waals surface area contributed by atoms with Crippen molar-refractivity contribution in [2.45, 2.75) is 25.3 Å². The highest BCUT2D eigenvalue weighted by Gasteiger charge is 2.25. The highest BCUT2D eigenvalue weighted by atomic mass is 16.3. The summed E-state index contributed by atoms with van der Waals surface area (Å²) in [6.07, 6.45) is 5.83. The molecular weight excluding hydrogens is 368 g/mol. The molecule has 9 nitrogen and oxygen atoms in total. The monoisotopic (exact) mass is 390 g/mol. The lowest BCUT2D eigenvalue weighted by Gasteiger charge is -2.22. The van der Waals surface area contributed by atoms with Gasteiger partial charge in [0.15, 0.2) is 5.82 Å². The minimum Gasteiger partial charge on any atom is -0.395 e. The van der Waals surface area contributed by atoms with E-state index in [-0.39, 0.29) is 6.61 Å². The van der Waals surface area contributed by atoms with Crippen LogP contribution in [0.5, 0.6) is 0 Å². The Bertz CT molecular complexity index is 1120. The molecular formula is C20H22N8O. The van der Waals surface area contributed by atoms with Gasteiger partial charge in [-0.25, -0.2) is 9.97 Å². The summed E-state index contributed by atoms with van der Waals surface area (Å²) in [7, 11) is 0. The SMILES string of the molecule is OCCN(Cc1ccc2[nH]cnc2c1)c1nccc(Nc2cc(C3CC3)[nH]n2)n1. The number of aliphatic hydroxyl groups excluding tert-OH is 1. The first-order valence-corrected chi connectivity index (χ1v) is 9.72. The summed E-state index contributed by atoms with van der Waals surface area (Å²) in [5.74, 6) is 2.57. The van der Waals surface area contributed by atoms with Crippen LogP contribution in [0.15, 0.2) is 42.9 Å². The lowest BCUT2D eigenvalue weighted by atomic mass is 10.2. The van der Waals surface area contributed by atoms with Gasteiger partial charge in [0, 0.05) is 37.0 Å². The zero-order valence-electron chi connectivity index (χ0n) is 15.8. The molecule has 0 bridgehead atoms. The molecule has 0 saturated heterocycles. The lowest BCUT2D eigenvalue weighted by molar-refractivity contribution is 0.301. The molecule has 5 rings (SSSR count). The number of fused-ring (bicyclic) bond motifs is 1. The van der Waals surface area contributed by atoms with Gasteiger partial charge in [-0.15, -0.1) is 0 Å². The molecule has 0 amide bonds. The Balaban J connectivity index is 1.35. The van der Waals surface area contributed by atoms with Crippen molar-refractivity contribution < 1.29 is 5.11 Å². The summed E-state index contributed by atoms with van der Waals surface area (Å²) in [6.45, 7) is 1.01. The largest absolute Gasteiger partial charge is 0.395 e. The summed E-state index contributed by atoms with van der Waals surface area (Å²) in [4.78, 5) is 18.4. The fraction of sp³-hybridized carbons (Fsp3) is 0.300. The average molecular weight is 390 g/mol. The molecule has 0 spiro atoms. The van der Waals surface area contributed by atoms with Gasteiger partial charge in [0.1, 0.15) is 5.82 Å². The van der Waals surface area contributed by atoms with Gasteiger partial charge in [0.2, 0.25) is 5.95 Å². The average Bonchev–Trinajstić information content (AvgIpc) is 3.30. The van der Waals surface area contributed by atoms with Gasteiger partial charge < -0.3 is 20.3 Å². The van der Waals surface area contributed by atoms with Crippen molar-refractivity contribution in [2.24, 2.45) is 0 Å². The van der Waals surface area contributed by atoms with Crippen molar-refractivity contribution in [2.75, 3.05) is 23.4 Å². The van der Waals surface area contributed by atoms with Crippen molar-refractivity contribution >= 4 is 28.6 Å². The van der Waals surface area contributed by atoms with Crippen molar-refractivity contribution in [1.82, 2.24) is 30.1 Å². The molecule has 1 fully saturated rings. The van der Waals surface area contributed by atoms with Crippen LogP contribution >= 0.6 is 0 Å². The second kappa shape index (κ2) is 7.51. The second-order valence-electron chi connectivity index (χ2n) is 7.25. The summed E-state index contributed by atoms with van der Waals surface area (Å²) >= 11 is 0. The van der Waals surface area contributed by atoms with E-state index in [9.17, 15) is 5.11 Å². The third-order valence-electron chi connectivity index (χ3n) is 5.03. The number of nitrogens with zero attached hydrogens (tertiary/aromatic N) is 5. The van der Waals surface area contributed by atoms with Crippen LogP contribution in [0.3, 0.4) is 0 Å². The van der Waals surface area contributed by atoms with E-state index < -0.39 is 0 Å². The topological polar surface area (TPSA) is 119 Å². The van der Waals surface area contributed by atoms with Crippen LogP contribution in [0.25, 0.3) is 11.0 Å². The highest BCUT2D eigenvalue weighted by molar-refractivity contribution is 5.75. The number of aliphatic hydroxyl groups is 1. The normalized spacial score (nSPS) is 13.7. The highest BCUT2D eigenvalue weighted by Crippen LogP contribution is 2.39. The van der Waals surface area contributed by atoms with Gasteiger partial charge in [-0.2, -0.15) is 10.1 Å². The van der Waals surface area contributed by atoms with Gasteiger partial charge >= 0.3 is 0 Å². The molecule has 4 N–H and O–H groups in total. The maximum atomic E-state index is 9.54. The summed E-state index contributed by atoms with van der Waals surface area (Å²) in [5.41, 5.74) is 4.14. The number of aromatic amines is 2. The Morgan fingerprint density at radius 3 is 2.93 bits per heavy atom. The maximum Gasteiger partial charge on any atom is 0.227 e. The molecule has 4 aromatic rings. The van der Waals surface area contributed by atoms with E-state index in [1.54, 1.807) is 12.5 Å². The molecule has 3 aromatic heterocycles. The maximum absolute atomic E-state index is 9.54. The zero-order valence-corrected chi connectivity index (χ0v) is 15.8. The molecule has 1 aromatic carbocycles. The van der Waals surface area contributed by atoms with Gasteiger partial charge in [-0.1, -0.05) is 6.07 Å². The van der Waals surface area contributed by atoms with Gasteiger partial charge in [-0.3, -0.25) is 5.10 Å². The fourth-order valence-electron chi connectivity index (χ4n) is 3.37. The summed E-state index contributed by atoms with van der Waals surface area (Å²) < 4.78 is 0. The number of benzene rings is 1. The summed E-state index contributed by atoms with van der Waals surface area (Å²) in [5, 5.41) is 20.2. The second-order valence-corrected chi connectivity index (χ2v) is 7.25. The van der Waals surface area contributed by atoms with E-state index in [1.165, 1.54) is 12.8 Å². The molecule has 0 unspecified atom stereocenters. The van der Waals surface area contributed by atoms with Crippen molar-refractivity contribution in [3.05, 3.63) is 54.1 Å². The molecule has 0 radical (unpaired) electrons. The number of H-pyrrole nitrogens is 2. The zero-order chi connectivity index (χ0) is 19.6. The predicted molar refractivity (Wildman–Crippen MR) is 110 cm³/mol. The molecule has 1 saturated carbocycles. The van der Waals surface area contributed by atoms with Crippen LogP contribution in [0, 0.1) is 0 Å². The van der Waals surface area contributed by atoms with Gasteiger partial charge in [-0.05, 0) is 36.6 Å². The molecule has 0 aliphatic heterocycles. The number of hydrogen-bond donors (Lipinski definition) is 4. The minimum atomic E-state index is 0.00970. The third kappa shape index (κ3) is 3.90. The Morgan fingerprint density at radius 1 is 1.14 bits per heavy atom. The van der Waals surface area contributed by atoms with Crippen LogP contribution in [-0.2, 0) is 6.54 Å². The number of rotatable bonds is 8. The number of anilines is 3. The van der Waals surface area contributed by atoms with E-state index in [0.29, 0.717) is 30.8 Å². The smallest absolute Gasteiger partial charge is 0.227 e.